The first-order valence-electron chi connectivity index (χ1n) is 8.49. The van der Waals surface area contributed by atoms with Crippen LogP contribution in [0, 0.1) is 11.7 Å². The summed E-state index contributed by atoms with van der Waals surface area (Å²) < 4.78 is 18.6. The monoisotopic (exact) mass is 338 g/mol. The largest absolute Gasteiger partial charge is 0.392 e. The lowest BCUT2D eigenvalue weighted by Gasteiger charge is -2.35. The number of aliphatic hydroxyl groups is 1. The van der Waals surface area contributed by atoms with E-state index >= 15 is 0 Å². The van der Waals surface area contributed by atoms with Crippen molar-refractivity contribution in [2.45, 2.75) is 32.4 Å². The number of amides is 1. The summed E-state index contributed by atoms with van der Waals surface area (Å²) >= 11 is 0. The molecule has 134 valence electrons. The van der Waals surface area contributed by atoms with E-state index in [1.807, 2.05) is 13.8 Å². The SMILES string of the molecule is CC(C)C(O)CC(=O)NCC(c1ccc(F)cc1)N1CCOCC1. The third kappa shape index (κ3) is 5.54. The molecule has 2 N–H and O–H groups in total. The van der Waals surface area contributed by atoms with Gasteiger partial charge < -0.3 is 15.2 Å². The number of carbonyl (C=O) groups excluding carboxylic acids is 1. The van der Waals surface area contributed by atoms with Gasteiger partial charge in [0.15, 0.2) is 0 Å². The lowest BCUT2D eigenvalue weighted by Crippen LogP contribution is -2.44. The standard InChI is InChI=1S/C18H27FN2O3/c1-13(2)17(22)11-18(23)20-12-16(21-7-9-24-10-8-21)14-3-5-15(19)6-4-14/h3-6,13,16-17,22H,7-12H2,1-2H3,(H,20,23). The van der Waals surface area contributed by atoms with Crippen LogP contribution in [-0.4, -0.2) is 54.9 Å². The predicted molar refractivity (Wildman–Crippen MR) is 90.0 cm³/mol. The van der Waals surface area contributed by atoms with Gasteiger partial charge in [0, 0.05) is 19.6 Å². The Balaban J connectivity index is 2.00. The molecule has 1 fully saturated rings. The molecule has 1 heterocycles. The molecule has 0 aromatic heterocycles. The lowest BCUT2D eigenvalue weighted by molar-refractivity contribution is -0.123. The van der Waals surface area contributed by atoms with Gasteiger partial charge in [-0.2, -0.15) is 0 Å². The molecule has 1 aromatic carbocycles. The summed E-state index contributed by atoms with van der Waals surface area (Å²) in [4.78, 5) is 14.3. The average Bonchev–Trinajstić information content (AvgIpc) is 2.57. The topological polar surface area (TPSA) is 61.8 Å². The van der Waals surface area contributed by atoms with Crippen molar-refractivity contribution in [1.82, 2.24) is 10.2 Å². The highest BCUT2D eigenvalue weighted by atomic mass is 19.1. The summed E-state index contributed by atoms with van der Waals surface area (Å²) in [5.41, 5.74) is 0.961. The minimum atomic E-state index is -0.641. The van der Waals surface area contributed by atoms with Crippen LogP contribution < -0.4 is 5.32 Å². The molecular weight excluding hydrogens is 311 g/mol. The van der Waals surface area contributed by atoms with E-state index in [2.05, 4.69) is 10.2 Å². The maximum atomic E-state index is 13.2. The molecule has 6 heteroatoms. The minimum Gasteiger partial charge on any atom is -0.392 e. The fraction of sp³-hybridized carbons (Fsp3) is 0.611. The summed E-state index contributed by atoms with van der Waals surface area (Å²) in [5.74, 6) is -0.400. The number of hydrogen-bond donors (Lipinski definition) is 2. The second kappa shape index (κ2) is 9.11. The van der Waals surface area contributed by atoms with Gasteiger partial charge in [0.05, 0.1) is 31.8 Å². The Bertz CT molecular complexity index is 516. The molecule has 0 bridgehead atoms. The highest BCUT2D eigenvalue weighted by molar-refractivity contribution is 5.76. The molecule has 0 radical (unpaired) electrons. The number of benzene rings is 1. The van der Waals surface area contributed by atoms with Crippen LogP contribution in [0.25, 0.3) is 0 Å². The first kappa shape index (κ1) is 18.8. The summed E-state index contributed by atoms with van der Waals surface area (Å²) in [6.45, 7) is 7.03. The Morgan fingerprint density at radius 2 is 1.92 bits per heavy atom. The molecule has 0 aliphatic carbocycles. The van der Waals surface area contributed by atoms with Crippen molar-refractivity contribution >= 4 is 5.91 Å². The zero-order valence-corrected chi connectivity index (χ0v) is 14.4. The molecule has 5 nitrogen and oxygen atoms in total. The number of nitrogens with zero attached hydrogens (tertiary/aromatic N) is 1. The van der Waals surface area contributed by atoms with Crippen LogP contribution in [0.2, 0.25) is 0 Å². The Morgan fingerprint density at radius 1 is 1.29 bits per heavy atom. The number of rotatable bonds is 7. The van der Waals surface area contributed by atoms with E-state index in [9.17, 15) is 14.3 Å². The van der Waals surface area contributed by atoms with Gasteiger partial charge in [0.25, 0.3) is 0 Å². The average molecular weight is 338 g/mol. The van der Waals surface area contributed by atoms with Gasteiger partial charge in [0.2, 0.25) is 5.91 Å². The quantitative estimate of drug-likeness (QED) is 0.795. The van der Waals surface area contributed by atoms with Crippen LogP contribution in [0.1, 0.15) is 31.9 Å². The number of hydrogen-bond acceptors (Lipinski definition) is 4. The van der Waals surface area contributed by atoms with E-state index in [1.165, 1.54) is 12.1 Å². The van der Waals surface area contributed by atoms with Crippen LogP contribution in [0.15, 0.2) is 24.3 Å². The Kier molecular flexibility index (Phi) is 7.15. The smallest absolute Gasteiger partial charge is 0.222 e. The van der Waals surface area contributed by atoms with Gasteiger partial charge in [-0.3, -0.25) is 9.69 Å². The van der Waals surface area contributed by atoms with Crippen molar-refractivity contribution in [3.05, 3.63) is 35.6 Å². The van der Waals surface area contributed by atoms with E-state index in [0.29, 0.717) is 19.8 Å². The van der Waals surface area contributed by atoms with Crippen LogP contribution in [-0.2, 0) is 9.53 Å². The first-order chi connectivity index (χ1) is 11.5. The van der Waals surface area contributed by atoms with Crippen molar-refractivity contribution in [3.63, 3.8) is 0 Å². The minimum absolute atomic E-state index is 0.0327. The Hall–Kier alpha value is -1.50. The number of aliphatic hydroxyl groups excluding tert-OH is 1. The summed E-state index contributed by atoms with van der Waals surface area (Å²) in [6.07, 6.45) is -0.547. The zero-order chi connectivity index (χ0) is 17.5. The Morgan fingerprint density at radius 3 is 2.50 bits per heavy atom. The van der Waals surface area contributed by atoms with Gasteiger partial charge in [-0.15, -0.1) is 0 Å². The lowest BCUT2D eigenvalue weighted by atomic mass is 10.0. The molecule has 0 saturated carbocycles. The number of nitrogens with one attached hydrogen (secondary N) is 1. The van der Waals surface area contributed by atoms with Crippen LogP contribution in [0.3, 0.4) is 0 Å². The van der Waals surface area contributed by atoms with Crippen molar-refractivity contribution in [3.8, 4) is 0 Å². The van der Waals surface area contributed by atoms with E-state index < -0.39 is 6.10 Å². The highest BCUT2D eigenvalue weighted by Gasteiger charge is 2.24. The van der Waals surface area contributed by atoms with E-state index in [4.69, 9.17) is 4.74 Å². The summed E-state index contributed by atoms with van der Waals surface area (Å²) in [5, 5.41) is 12.7. The van der Waals surface area contributed by atoms with Gasteiger partial charge in [0.1, 0.15) is 5.82 Å². The molecule has 0 spiro atoms. The third-order valence-electron chi connectivity index (χ3n) is 4.40. The predicted octanol–water partition coefficient (Wildman–Crippen LogP) is 1.72. The summed E-state index contributed by atoms with van der Waals surface area (Å²) in [7, 11) is 0. The molecule has 1 amide bonds. The number of ether oxygens (including phenoxy) is 1. The third-order valence-corrected chi connectivity index (χ3v) is 4.40. The van der Waals surface area contributed by atoms with Gasteiger partial charge in [-0.1, -0.05) is 26.0 Å². The van der Waals surface area contributed by atoms with Crippen LogP contribution in [0.5, 0.6) is 0 Å². The highest BCUT2D eigenvalue weighted by Crippen LogP contribution is 2.21. The van der Waals surface area contributed by atoms with E-state index in [1.54, 1.807) is 12.1 Å². The van der Waals surface area contributed by atoms with Crippen molar-refractivity contribution < 1.29 is 19.0 Å². The van der Waals surface area contributed by atoms with Crippen LogP contribution >= 0.6 is 0 Å². The molecule has 2 rings (SSSR count). The normalized spacial score (nSPS) is 18.4. The fourth-order valence-electron chi connectivity index (χ4n) is 2.74. The number of carbonyl (C=O) groups is 1. The van der Waals surface area contributed by atoms with Crippen molar-refractivity contribution in [2.75, 3.05) is 32.8 Å². The molecule has 2 atom stereocenters. The van der Waals surface area contributed by atoms with Gasteiger partial charge in [-0.05, 0) is 23.6 Å². The second-order valence-corrected chi connectivity index (χ2v) is 6.54. The Labute approximate surface area is 142 Å². The van der Waals surface area contributed by atoms with Crippen molar-refractivity contribution in [1.29, 1.82) is 0 Å². The maximum absolute atomic E-state index is 13.2. The maximum Gasteiger partial charge on any atom is 0.222 e. The number of morpholine rings is 1. The number of halogens is 1. The first-order valence-corrected chi connectivity index (χ1v) is 8.49. The molecule has 1 aliphatic rings. The zero-order valence-electron chi connectivity index (χ0n) is 14.4. The summed E-state index contributed by atoms with van der Waals surface area (Å²) in [6, 6.07) is 6.35. The molecule has 1 aliphatic heterocycles. The molecule has 1 aromatic rings. The fourth-order valence-corrected chi connectivity index (χ4v) is 2.74. The molecule has 1 saturated heterocycles. The molecule has 2 unspecified atom stereocenters. The van der Waals surface area contributed by atoms with Crippen molar-refractivity contribution in [2.24, 2.45) is 5.92 Å². The van der Waals surface area contributed by atoms with Gasteiger partial charge >= 0.3 is 0 Å². The van der Waals surface area contributed by atoms with Crippen LogP contribution in [0.4, 0.5) is 4.39 Å². The van der Waals surface area contributed by atoms with Gasteiger partial charge in [-0.25, -0.2) is 4.39 Å². The molecular formula is C18H27FN2O3. The molecule has 24 heavy (non-hydrogen) atoms. The second-order valence-electron chi connectivity index (χ2n) is 6.54. The van der Waals surface area contributed by atoms with E-state index in [0.717, 1.165) is 18.7 Å². The van der Waals surface area contributed by atoms with E-state index in [-0.39, 0.29) is 30.1 Å².